The SMILES string of the molecule is CN(C(=O)[C@H](CCCN)NC(=O)c1cc2ccccc2n1C)C1CCC1C(=O)O. The molecule has 0 saturated heterocycles. The Morgan fingerprint density at radius 1 is 1.31 bits per heavy atom. The van der Waals surface area contributed by atoms with Crippen molar-refractivity contribution in [2.45, 2.75) is 37.8 Å². The summed E-state index contributed by atoms with van der Waals surface area (Å²) in [6.45, 7) is 0.401. The average Bonchev–Trinajstić information content (AvgIpc) is 3.00. The molecule has 0 bridgehead atoms. The maximum atomic E-state index is 13.0. The molecule has 1 aromatic heterocycles. The number of nitrogens with zero attached hydrogens (tertiary/aromatic N) is 2. The number of carboxylic acid groups (broad SMARTS) is 1. The molecule has 1 aromatic carbocycles. The predicted octanol–water partition coefficient (Wildman–Crippen LogP) is 1.34. The number of amides is 2. The Balaban J connectivity index is 1.77. The average molecular weight is 400 g/mol. The number of likely N-dealkylation sites (N-methyl/N-ethyl adjacent to an activating group) is 1. The molecule has 1 heterocycles. The molecule has 3 rings (SSSR count). The summed E-state index contributed by atoms with van der Waals surface area (Å²) in [7, 11) is 3.42. The van der Waals surface area contributed by atoms with E-state index in [2.05, 4.69) is 5.32 Å². The zero-order valence-corrected chi connectivity index (χ0v) is 16.8. The fourth-order valence-electron chi connectivity index (χ4n) is 3.96. The summed E-state index contributed by atoms with van der Waals surface area (Å²) >= 11 is 0. The molecule has 8 heteroatoms. The summed E-state index contributed by atoms with van der Waals surface area (Å²) in [6.07, 6.45) is 2.19. The Morgan fingerprint density at radius 2 is 2.03 bits per heavy atom. The summed E-state index contributed by atoms with van der Waals surface area (Å²) in [4.78, 5) is 38.8. The molecule has 0 radical (unpaired) electrons. The minimum absolute atomic E-state index is 0.276. The maximum Gasteiger partial charge on any atom is 0.308 e. The number of nitrogens with one attached hydrogen (secondary N) is 1. The van der Waals surface area contributed by atoms with Crippen molar-refractivity contribution in [3.63, 3.8) is 0 Å². The molecule has 0 aliphatic heterocycles. The van der Waals surface area contributed by atoms with E-state index in [1.807, 2.05) is 31.3 Å². The fourth-order valence-corrected chi connectivity index (χ4v) is 3.96. The minimum atomic E-state index is -0.890. The highest BCUT2D eigenvalue weighted by Crippen LogP contribution is 2.32. The van der Waals surface area contributed by atoms with Gasteiger partial charge in [-0.2, -0.15) is 0 Å². The van der Waals surface area contributed by atoms with Gasteiger partial charge in [0, 0.05) is 31.0 Å². The standard InChI is InChI=1S/C21H28N4O4/c1-24-16-8-4-3-6-13(16)12-18(24)19(26)23-15(7-5-11-22)20(27)25(2)17-10-9-14(17)21(28)29/h3-4,6,8,12,14-15,17H,5,7,9-11,22H2,1-2H3,(H,23,26)(H,28,29)/t14?,15-,17?/m0/s1. The van der Waals surface area contributed by atoms with Crippen molar-refractivity contribution in [1.82, 2.24) is 14.8 Å². The molecule has 1 aliphatic rings. The van der Waals surface area contributed by atoms with Crippen LogP contribution in [-0.2, 0) is 16.6 Å². The second-order valence-corrected chi connectivity index (χ2v) is 7.64. The van der Waals surface area contributed by atoms with Gasteiger partial charge in [0.15, 0.2) is 0 Å². The van der Waals surface area contributed by atoms with Crippen LogP contribution in [0.4, 0.5) is 0 Å². The number of aliphatic carboxylic acids is 1. The van der Waals surface area contributed by atoms with Crippen LogP contribution in [0.5, 0.6) is 0 Å². The number of aryl methyl sites for hydroxylation is 1. The molecule has 4 N–H and O–H groups in total. The van der Waals surface area contributed by atoms with Gasteiger partial charge in [-0.1, -0.05) is 18.2 Å². The topological polar surface area (TPSA) is 118 Å². The zero-order chi connectivity index (χ0) is 21.1. The van der Waals surface area contributed by atoms with E-state index in [-0.39, 0.29) is 17.9 Å². The molecule has 1 saturated carbocycles. The van der Waals surface area contributed by atoms with E-state index in [9.17, 15) is 19.5 Å². The number of nitrogens with two attached hydrogens (primary N) is 1. The molecule has 3 atom stereocenters. The second-order valence-electron chi connectivity index (χ2n) is 7.64. The first-order valence-electron chi connectivity index (χ1n) is 9.90. The fraction of sp³-hybridized carbons (Fsp3) is 0.476. The van der Waals surface area contributed by atoms with E-state index in [4.69, 9.17) is 5.73 Å². The monoisotopic (exact) mass is 400 g/mol. The summed E-state index contributed by atoms with van der Waals surface area (Å²) in [5.41, 5.74) is 7.00. The van der Waals surface area contributed by atoms with Crippen LogP contribution >= 0.6 is 0 Å². The summed E-state index contributed by atoms with van der Waals surface area (Å²) in [6, 6.07) is 8.39. The van der Waals surface area contributed by atoms with Crippen molar-refractivity contribution in [2.75, 3.05) is 13.6 Å². The van der Waals surface area contributed by atoms with Crippen LogP contribution in [0.15, 0.2) is 30.3 Å². The molecule has 156 valence electrons. The molecule has 0 spiro atoms. The number of aromatic nitrogens is 1. The highest BCUT2D eigenvalue weighted by molar-refractivity contribution is 6.00. The third-order valence-corrected chi connectivity index (χ3v) is 5.88. The van der Waals surface area contributed by atoms with Gasteiger partial charge in [-0.3, -0.25) is 14.4 Å². The zero-order valence-electron chi connectivity index (χ0n) is 16.8. The number of para-hydroxylation sites is 1. The molecule has 2 unspecified atom stereocenters. The van der Waals surface area contributed by atoms with Crippen molar-refractivity contribution >= 4 is 28.7 Å². The van der Waals surface area contributed by atoms with E-state index in [0.29, 0.717) is 37.9 Å². The van der Waals surface area contributed by atoms with Crippen LogP contribution in [0, 0.1) is 5.92 Å². The van der Waals surface area contributed by atoms with E-state index in [0.717, 1.165) is 10.9 Å². The van der Waals surface area contributed by atoms with E-state index < -0.39 is 17.9 Å². The Bertz CT molecular complexity index is 923. The van der Waals surface area contributed by atoms with Crippen molar-refractivity contribution in [1.29, 1.82) is 0 Å². The molecule has 2 amide bonds. The molecular weight excluding hydrogens is 372 g/mol. The first kappa shape index (κ1) is 20.9. The Morgan fingerprint density at radius 3 is 2.62 bits per heavy atom. The number of carboxylic acids is 1. The lowest BCUT2D eigenvalue weighted by atomic mass is 9.78. The van der Waals surface area contributed by atoms with E-state index >= 15 is 0 Å². The van der Waals surface area contributed by atoms with Gasteiger partial charge in [-0.25, -0.2) is 0 Å². The molecule has 2 aromatic rings. The summed E-state index contributed by atoms with van der Waals surface area (Å²) in [5.74, 6) is -2.05. The maximum absolute atomic E-state index is 13.0. The smallest absolute Gasteiger partial charge is 0.308 e. The van der Waals surface area contributed by atoms with Crippen molar-refractivity contribution in [3.8, 4) is 0 Å². The third-order valence-electron chi connectivity index (χ3n) is 5.88. The van der Waals surface area contributed by atoms with Crippen LogP contribution in [0.25, 0.3) is 10.9 Å². The Kier molecular flexibility index (Phi) is 6.22. The van der Waals surface area contributed by atoms with Gasteiger partial charge in [0.2, 0.25) is 5.91 Å². The lowest BCUT2D eigenvalue weighted by molar-refractivity contribution is -0.152. The van der Waals surface area contributed by atoms with E-state index in [1.54, 1.807) is 17.7 Å². The quantitative estimate of drug-likeness (QED) is 0.618. The lowest BCUT2D eigenvalue weighted by Crippen LogP contribution is -2.56. The molecule has 1 aliphatic carbocycles. The summed E-state index contributed by atoms with van der Waals surface area (Å²) in [5, 5.41) is 13.1. The van der Waals surface area contributed by atoms with Gasteiger partial charge in [0.1, 0.15) is 11.7 Å². The van der Waals surface area contributed by atoms with Crippen LogP contribution in [-0.4, -0.2) is 58.0 Å². The Hall–Kier alpha value is -2.87. The van der Waals surface area contributed by atoms with Gasteiger partial charge in [0.25, 0.3) is 5.91 Å². The first-order chi connectivity index (χ1) is 13.8. The van der Waals surface area contributed by atoms with Crippen LogP contribution in [0.2, 0.25) is 0 Å². The van der Waals surface area contributed by atoms with Gasteiger partial charge in [-0.05, 0) is 44.4 Å². The molecule has 8 nitrogen and oxygen atoms in total. The highest BCUT2D eigenvalue weighted by atomic mass is 16.4. The van der Waals surface area contributed by atoms with Crippen molar-refractivity contribution in [3.05, 3.63) is 36.0 Å². The third kappa shape index (κ3) is 4.12. The number of benzene rings is 1. The highest BCUT2D eigenvalue weighted by Gasteiger charge is 2.42. The van der Waals surface area contributed by atoms with Gasteiger partial charge < -0.3 is 25.6 Å². The molecular formula is C21H28N4O4. The van der Waals surface area contributed by atoms with Crippen LogP contribution in [0.1, 0.15) is 36.2 Å². The number of hydrogen-bond acceptors (Lipinski definition) is 4. The number of fused-ring (bicyclic) bond motifs is 1. The van der Waals surface area contributed by atoms with E-state index in [1.165, 1.54) is 4.90 Å². The summed E-state index contributed by atoms with van der Waals surface area (Å²) < 4.78 is 1.80. The van der Waals surface area contributed by atoms with Gasteiger partial charge >= 0.3 is 5.97 Å². The molecule has 1 fully saturated rings. The molecule has 29 heavy (non-hydrogen) atoms. The number of carbonyl (C=O) groups is 3. The van der Waals surface area contributed by atoms with Crippen LogP contribution < -0.4 is 11.1 Å². The number of hydrogen-bond donors (Lipinski definition) is 3. The van der Waals surface area contributed by atoms with Crippen molar-refractivity contribution in [2.24, 2.45) is 18.7 Å². The normalized spacial score (nSPS) is 19.4. The number of rotatable bonds is 8. The van der Waals surface area contributed by atoms with Gasteiger partial charge in [0.05, 0.1) is 5.92 Å². The number of carbonyl (C=O) groups excluding carboxylic acids is 2. The first-order valence-corrected chi connectivity index (χ1v) is 9.90. The largest absolute Gasteiger partial charge is 0.481 e. The second kappa shape index (κ2) is 8.65. The van der Waals surface area contributed by atoms with Gasteiger partial charge in [-0.15, -0.1) is 0 Å². The predicted molar refractivity (Wildman–Crippen MR) is 109 cm³/mol. The Labute approximate surface area is 169 Å². The van der Waals surface area contributed by atoms with Crippen molar-refractivity contribution < 1.29 is 19.5 Å². The van der Waals surface area contributed by atoms with Crippen LogP contribution in [0.3, 0.4) is 0 Å². The lowest BCUT2D eigenvalue weighted by Gasteiger charge is -2.41. The minimum Gasteiger partial charge on any atom is -0.481 e.